The van der Waals surface area contributed by atoms with Gasteiger partial charge in [0.25, 0.3) is 5.91 Å². The number of nitrogen functional groups attached to an aromatic ring is 1. The summed E-state index contributed by atoms with van der Waals surface area (Å²) in [5.74, 6) is -0.0605. The van der Waals surface area contributed by atoms with E-state index in [0.717, 1.165) is 24.8 Å². The van der Waals surface area contributed by atoms with Gasteiger partial charge >= 0.3 is 0 Å². The topological polar surface area (TPSA) is 111 Å². The average molecular weight is 401 g/mol. The van der Waals surface area contributed by atoms with E-state index in [1.807, 2.05) is 36.4 Å². The number of nitrogens with one attached hydrogen (secondary N) is 1. The molecule has 1 aromatic carbocycles. The molecular weight excluding hydrogens is 378 g/mol. The highest BCUT2D eigenvalue weighted by Gasteiger charge is 2.23. The number of amides is 1. The third kappa shape index (κ3) is 3.84. The molecule has 4 aromatic rings. The number of para-hydroxylation sites is 2. The van der Waals surface area contributed by atoms with Gasteiger partial charge in [-0.25, -0.2) is 9.97 Å². The second-order valence-electron chi connectivity index (χ2n) is 6.94. The Morgan fingerprint density at radius 3 is 2.60 bits per heavy atom. The Bertz CT molecular complexity index is 1210. The molecule has 0 fully saturated rings. The number of nitrogens with zero attached hydrogens (tertiary/aromatic N) is 5. The molecule has 0 radical (unpaired) electrons. The number of rotatable bonds is 7. The van der Waals surface area contributed by atoms with Gasteiger partial charge < -0.3 is 11.1 Å². The molecule has 1 amide bonds. The van der Waals surface area contributed by atoms with Crippen LogP contribution in [0.2, 0.25) is 0 Å². The molecule has 0 unspecified atom stereocenters. The first-order chi connectivity index (χ1) is 14.7. The molecule has 0 aliphatic carbocycles. The molecule has 0 atom stereocenters. The highest BCUT2D eigenvalue weighted by atomic mass is 16.1. The number of hydrogen-bond acceptors (Lipinski definition) is 6. The summed E-state index contributed by atoms with van der Waals surface area (Å²) in [4.78, 5) is 26.3. The van der Waals surface area contributed by atoms with E-state index in [1.54, 1.807) is 18.6 Å². The van der Waals surface area contributed by atoms with Crippen molar-refractivity contribution in [2.45, 2.75) is 26.2 Å². The standard InChI is InChI=1S/C22H23N7O/c1-2-3-6-11-25-22(30)18-19-21(28-17-8-5-4-7-16(17)27-19)29(20(18)23)26-14-15-9-12-24-13-10-15/h4-5,7-10,12-14H,2-3,6,11,23H2,1H3,(H,25,30)/b26-14+. The zero-order valence-electron chi connectivity index (χ0n) is 16.7. The molecule has 30 heavy (non-hydrogen) atoms. The predicted octanol–water partition coefficient (Wildman–Crippen LogP) is 3.36. The molecule has 0 aliphatic rings. The number of aromatic nitrogens is 4. The summed E-state index contributed by atoms with van der Waals surface area (Å²) in [5.41, 5.74) is 9.80. The van der Waals surface area contributed by atoms with Gasteiger partial charge in [0, 0.05) is 18.9 Å². The SMILES string of the molecule is CCCCCNC(=O)c1c(N)n(/N=C/c2ccncc2)c2nc3ccccc3nc12. The van der Waals surface area contributed by atoms with Gasteiger partial charge in [-0.15, -0.1) is 0 Å². The van der Waals surface area contributed by atoms with Crippen molar-refractivity contribution in [1.29, 1.82) is 0 Å². The van der Waals surface area contributed by atoms with Crippen LogP contribution in [0.3, 0.4) is 0 Å². The number of pyridine rings is 1. The number of unbranched alkanes of at least 4 members (excludes halogenated alkanes) is 2. The molecule has 8 heteroatoms. The number of anilines is 1. The van der Waals surface area contributed by atoms with Crippen molar-refractivity contribution in [2.24, 2.45) is 5.10 Å². The van der Waals surface area contributed by atoms with Crippen LogP contribution in [0.1, 0.15) is 42.1 Å². The van der Waals surface area contributed by atoms with Gasteiger partial charge in [0.05, 0.1) is 17.2 Å². The Morgan fingerprint density at radius 2 is 1.87 bits per heavy atom. The molecule has 3 aromatic heterocycles. The van der Waals surface area contributed by atoms with Crippen LogP contribution >= 0.6 is 0 Å². The maximum atomic E-state index is 12.9. The number of nitrogens with two attached hydrogens (primary N) is 1. The molecule has 3 N–H and O–H groups in total. The van der Waals surface area contributed by atoms with Crippen LogP contribution < -0.4 is 11.1 Å². The molecule has 0 spiro atoms. The lowest BCUT2D eigenvalue weighted by Crippen LogP contribution is -2.25. The minimum Gasteiger partial charge on any atom is -0.383 e. The average Bonchev–Trinajstić information content (AvgIpc) is 3.04. The second-order valence-corrected chi connectivity index (χ2v) is 6.94. The molecule has 152 valence electrons. The molecule has 4 rings (SSSR count). The summed E-state index contributed by atoms with van der Waals surface area (Å²) in [5, 5.41) is 7.42. The first-order valence-corrected chi connectivity index (χ1v) is 9.98. The third-order valence-corrected chi connectivity index (χ3v) is 4.80. The van der Waals surface area contributed by atoms with Crippen LogP contribution in [0, 0.1) is 0 Å². The number of carbonyl (C=O) groups is 1. The molecule has 0 saturated carbocycles. The molecule has 0 bridgehead atoms. The number of fused-ring (bicyclic) bond motifs is 2. The zero-order valence-corrected chi connectivity index (χ0v) is 16.7. The van der Waals surface area contributed by atoms with E-state index in [4.69, 9.17) is 5.73 Å². The number of benzene rings is 1. The van der Waals surface area contributed by atoms with Crippen molar-refractivity contribution in [1.82, 2.24) is 24.9 Å². The van der Waals surface area contributed by atoms with E-state index in [9.17, 15) is 4.79 Å². The van der Waals surface area contributed by atoms with E-state index >= 15 is 0 Å². The van der Waals surface area contributed by atoms with Crippen molar-refractivity contribution in [3.05, 3.63) is 59.9 Å². The lowest BCUT2D eigenvalue weighted by Gasteiger charge is -2.04. The molecule has 0 aliphatic heterocycles. The van der Waals surface area contributed by atoms with Crippen LogP contribution in [-0.2, 0) is 0 Å². The van der Waals surface area contributed by atoms with Gasteiger partial charge in [-0.1, -0.05) is 31.9 Å². The second kappa shape index (κ2) is 8.69. The van der Waals surface area contributed by atoms with Crippen molar-refractivity contribution >= 4 is 40.1 Å². The molecule has 0 saturated heterocycles. The first kappa shape index (κ1) is 19.5. The number of hydrogen-bond donors (Lipinski definition) is 2. The van der Waals surface area contributed by atoms with Crippen LogP contribution in [-0.4, -0.2) is 38.3 Å². The van der Waals surface area contributed by atoms with E-state index in [2.05, 4.69) is 32.3 Å². The quantitative estimate of drug-likeness (QED) is 0.364. The van der Waals surface area contributed by atoms with Gasteiger partial charge in [-0.05, 0) is 36.2 Å². The molecule has 3 heterocycles. The zero-order chi connectivity index (χ0) is 20.9. The van der Waals surface area contributed by atoms with Gasteiger partial charge in [-0.2, -0.15) is 9.78 Å². The Kier molecular flexibility index (Phi) is 5.65. The van der Waals surface area contributed by atoms with Crippen LogP contribution in [0.25, 0.3) is 22.2 Å². The van der Waals surface area contributed by atoms with Gasteiger partial charge in [0.15, 0.2) is 5.65 Å². The predicted molar refractivity (Wildman–Crippen MR) is 119 cm³/mol. The first-order valence-electron chi connectivity index (χ1n) is 9.98. The van der Waals surface area contributed by atoms with Crippen LogP contribution in [0.15, 0.2) is 53.9 Å². The monoisotopic (exact) mass is 401 g/mol. The van der Waals surface area contributed by atoms with Gasteiger partial charge in [0.2, 0.25) is 0 Å². The fourth-order valence-electron chi connectivity index (χ4n) is 3.23. The van der Waals surface area contributed by atoms with Gasteiger partial charge in [0.1, 0.15) is 16.9 Å². The normalized spacial score (nSPS) is 11.5. The minimum atomic E-state index is -0.268. The van der Waals surface area contributed by atoms with Crippen molar-refractivity contribution in [3.63, 3.8) is 0 Å². The van der Waals surface area contributed by atoms with Crippen molar-refractivity contribution in [3.8, 4) is 0 Å². The maximum Gasteiger partial charge on any atom is 0.257 e. The van der Waals surface area contributed by atoms with Crippen LogP contribution in [0.4, 0.5) is 5.82 Å². The summed E-state index contributed by atoms with van der Waals surface area (Å²) in [6.07, 6.45) is 8.06. The van der Waals surface area contributed by atoms with E-state index in [-0.39, 0.29) is 11.7 Å². The molecule has 8 nitrogen and oxygen atoms in total. The van der Waals surface area contributed by atoms with Crippen molar-refractivity contribution in [2.75, 3.05) is 12.3 Å². The van der Waals surface area contributed by atoms with Crippen LogP contribution in [0.5, 0.6) is 0 Å². The fraction of sp³-hybridized carbons (Fsp3) is 0.227. The highest BCUT2D eigenvalue weighted by molar-refractivity contribution is 6.10. The summed E-state index contributed by atoms with van der Waals surface area (Å²) >= 11 is 0. The highest BCUT2D eigenvalue weighted by Crippen LogP contribution is 2.27. The fourth-order valence-corrected chi connectivity index (χ4v) is 3.23. The minimum absolute atomic E-state index is 0.207. The molecular formula is C22H23N7O. The Labute approximate surface area is 173 Å². The summed E-state index contributed by atoms with van der Waals surface area (Å²) in [6, 6.07) is 11.2. The smallest absolute Gasteiger partial charge is 0.257 e. The Hall–Kier alpha value is -3.81. The largest absolute Gasteiger partial charge is 0.383 e. The van der Waals surface area contributed by atoms with Crippen molar-refractivity contribution < 1.29 is 4.79 Å². The Balaban J connectivity index is 1.81. The van der Waals surface area contributed by atoms with E-state index in [0.29, 0.717) is 34.3 Å². The Morgan fingerprint density at radius 1 is 1.13 bits per heavy atom. The summed E-state index contributed by atoms with van der Waals surface area (Å²) in [7, 11) is 0. The number of carbonyl (C=O) groups excluding carboxylic acids is 1. The summed E-state index contributed by atoms with van der Waals surface area (Å²) in [6.45, 7) is 2.70. The van der Waals surface area contributed by atoms with E-state index < -0.39 is 0 Å². The third-order valence-electron chi connectivity index (χ3n) is 4.80. The summed E-state index contributed by atoms with van der Waals surface area (Å²) < 4.78 is 1.47. The maximum absolute atomic E-state index is 12.9. The van der Waals surface area contributed by atoms with E-state index in [1.165, 1.54) is 4.68 Å². The lowest BCUT2D eigenvalue weighted by molar-refractivity contribution is 0.0955. The van der Waals surface area contributed by atoms with Gasteiger partial charge in [-0.3, -0.25) is 9.78 Å². The lowest BCUT2D eigenvalue weighted by atomic mass is 10.2.